The van der Waals surface area contributed by atoms with Crippen LogP contribution >= 0.6 is 7.82 Å². The number of rotatable bonds is 4. The fourth-order valence-electron chi connectivity index (χ4n) is 2.54. The van der Waals surface area contributed by atoms with E-state index in [9.17, 15) is 14.8 Å². The summed E-state index contributed by atoms with van der Waals surface area (Å²) in [5, 5.41) is 19.2. The Morgan fingerprint density at radius 1 is 1.39 bits per heavy atom. The summed E-state index contributed by atoms with van der Waals surface area (Å²) in [7, 11) is -4.88. The van der Waals surface area contributed by atoms with Crippen LogP contribution in [0.5, 0.6) is 0 Å². The number of phosphoric ester groups is 1. The average Bonchev–Trinajstić information content (AvgIpc) is 2.99. The van der Waals surface area contributed by atoms with Gasteiger partial charge in [0, 0.05) is 0 Å². The summed E-state index contributed by atoms with van der Waals surface area (Å²) in [6.45, 7) is 1.34. The molecule has 23 heavy (non-hydrogen) atoms. The molecule has 0 bridgehead atoms. The van der Waals surface area contributed by atoms with E-state index in [0.717, 1.165) is 5.56 Å². The maximum Gasteiger partial charge on any atom is 0.470 e. The number of hydrogen-bond acceptors (Lipinski definition) is 7. The quantitative estimate of drug-likeness (QED) is 0.579. The zero-order chi connectivity index (χ0) is 16.8. The van der Waals surface area contributed by atoms with E-state index in [4.69, 9.17) is 18.9 Å². The van der Waals surface area contributed by atoms with Crippen molar-refractivity contribution in [3.8, 4) is 0 Å². The number of oxazole rings is 1. The Balaban J connectivity index is 1.97. The lowest BCUT2D eigenvalue weighted by Crippen LogP contribution is -2.34. The second-order valence-corrected chi connectivity index (χ2v) is 6.54. The first-order chi connectivity index (χ1) is 10.8. The third kappa shape index (κ3) is 3.31. The Labute approximate surface area is 130 Å². The van der Waals surface area contributed by atoms with Gasteiger partial charge in [-0.05, 0) is 24.6 Å². The molecule has 3 rings (SSSR count). The molecule has 0 aliphatic carbocycles. The largest absolute Gasteiger partial charge is 0.470 e. The molecule has 1 aliphatic heterocycles. The van der Waals surface area contributed by atoms with E-state index in [1.807, 2.05) is 13.0 Å². The summed E-state index contributed by atoms with van der Waals surface area (Å²) >= 11 is 0. The first-order valence-electron chi connectivity index (χ1n) is 6.84. The Kier molecular flexibility index (Phi) is 4.28. The first kappa shape index (κ1) is 16.5. The van der Waals surface area contributed by atoms with Gasteiger partial charge in [0.1, 0.15) is 23.8 Å². The Morgan fingerprint density at radius 2 is 2.13 bits per heavy atom. The van der Waals surface area contributed by atoms with Gasteiger partial charge in [-0.25, -0.2) is 9.55 Å². The van der Waals surface area contributed by atoms with Gasteiger partial charge < -0.3 is 29.2 Å². The van der Waals surface area contributed by atoms with Crippen molar-refractivity contribution in [2.45, 2.75) is 31.3 Å². The van der Waals surface area contributed by atoms with Crippen molar-refractivity contribution < 1.29 is 38.2 Å². The predicted molar refractivity (Wildman–Crippen MR) is 76.4 cm³/mol. The number of phosphoric acid groups is 1. The van der Waals surface area contributed by atoms with Gasteiger partial charge in [-0.2, -0.15) is 0 Å². The number of aryl methyl sites for hydroxylation is 1. The van der Waals surface area contributed by atoms with E-state index < -0.39 is 38.8 Å². The van der Waals surface area contributed by atoms with Crippen molar-refractivity contribution in [1.29, 1.82) is 0 Å². The molecule has 10 heteroatoms. The number of ether oxygens (including phenoxy) is 1. The topological polar surface area (TPSA) is 142 Å². The minimum Gasteiger partial charge on any atom is -0.438 e. The molecule has 2 aromatic rings. The van der Waals surface area contributed by atoms with Gasteiger partial charge >= 0.3 is 7.82 Å². The molecule has 1 aromatic heterocycles. The highest BCUT2D eigenvalue weighted by Crippen LogP contribution is 2.46. The lowest BCUT2D eigenvalue weighted by Gasteiger charge is -2.19. The fraction of sp³-hybridized carbons (Fsp3) is 0.462. The van der Waals surface area contributed by atoms with Gasteiger partial charge in [0.25, 0.3) is 0 Å². The molecule has 0 unspecified atom stereocenters. The van der Waals surface area contributed by atoms with Gasteiger partial charge in [0.2, 0.25) is 5.89 Å². The van der Waals surface area contributed by atoms with Crippen LogP contribution in [0.1, 0.15) is 17.6 Å². The summed E-state index contributed by atoms with van der Waals surface area (Å²) in [6.07, 6.45) is -5.06. The molecule has 0 saturated carbocycles. The van der Waals surface area contributed by atoms with E-state index in [2.05, 4.69) is 9.51 Å². The second-order valence-electron chi connectivity index (χ2n) is 5.35. The summed E-state index contributed by atoms with van der Waals surface area (Å²) in [4.78, 5) is 22.2. The maximum absolute atomic E-state index is 11.1. The van der Waals surface area contributed by atoms with Crippen LogP contribution in [0.25, 0.3) is 11.1 Å². The number of hydrogen-bond donors (Lipinski definition) is 4. The lowest BCUT2D eigenvalue weighted by atomic mass is 10.1. The molecule has 1 aromatic carbocycles. The van der Waals surface area contributed by atoms with E-state index in [1.54, 1.807) is 12.1 Å². The minimum absolute atomic E-state index is 0.0130. The van der Waals surface area contributed by atoms with Gasteiger partial charge in [0.15, 0.2) is 11.7 Å². The molecule has 1 saturated heterocycles. The van der Waals surface area contributed by atoms with Crippen molar-refractivity contribution in [3.05, 3.63) is 29.7 Å². The van der Waals surface area contributed by atoms with Gasteiger partial charge in [-0.15, -0.1) is 0 Å². The van der Waals surface area contributed by atoms with E-state index in [1.165, 1.54) is 0 Å². The van der Waals surface area contributed by atoms with Crippen LogP contribution in [0, 0.1) is 6.92 Å². The Hall–Kier alpha value is -1.32. The van der Waals surface area contributed by atoms with Gasteiger partial charge in [-0.1, -0.05) is 6.07 Å². The number of benzene rings is 1. The molecule has 0 spiro atoms. The first-order valence-corrected chi connectivity index (χ1v) is 8.37. The standard InChI is InChI=1S/C13H16NO8P/c1-6-2-3-8-7(4-6)14-13(21-8)12-11(22-23(17,18)19)10(16)9(5-15)20-12/h2-4,9-12,15-16H,5H2,1H3,(H2,17,18,19)/t9-,10-,11-,12-/m1/s1. The van der Waals surface area contributed by atoms with Crippen molar-refractivity contribution in [3.63, 3.8) is 0 Å². The third-order valence-corrected chi connectivity index (χ3v) is 4.10. The zero-order valence-electron chi connectivity index (χ0n) is 12.1. The Morgan fingerprint density at radius 3 is 2.78 bits per heavy atom. The van der Waals surface area contributed by atoms with E-state index in [0.29, 0.717) is 11.1 Å². The summed E-state index contributed by atoms with van der Waals surface area (Å²) < 4.78 is 26.7. The van der Waals surface area contributed by atoms with Crippen LogP contribution in [-0.4, -0.2) is 49.9 Å². The summed E-state index contributed by atoms with van der Waals surface area (Å²) in [5.74, 6) is 0.0130. The molecule has 1 aliphatic rings. The molecular formula is C13H16NO8P. The lowest BCUT2D eigenvalue weighted by molar-refractivity contribution is -0.0302. The molecule has 0 amide bonds. The van der Waals surface area contributed by atoms with Crippen LogP contribution in [0.15, 0.2) is 22.6 Å². The van der Waals surface area contributed by atoms with Crippen LogP contribution < -0.4 is 0 Å². The van der Waals surface area contributed by atoms with Crippen molar-refractivity contribution in [2.24, 2.45) is 0 Å². The van der Waals surface area contributed by atoms with Crippen LogP contribution in [0.3, 0.4) is 0 Å². The fourth-order valence-corrected chi connectivity index (χ4v) is 3.09. The normalized spacial score (nSPS) is 28.6. The van der Waals surface area contributed by atoms with Crippen LogP contribution in [-0.2, 0) is 13.8 Å². The average molecular weight is 345 g/mol. The molecule has 4 N–H and O–H groups in total. The number of aliphatic hydroxyl groups is 2. The van der Waals surface area contributed by atoms with E-state index in [-0.39, 0.29) is 5.89 Å². The zero-order valence-corrected chi connectivity index (χ0v) is 13.0. The second kappa shape index (κ2) is 5.95. The number of nitrogens with zero attached hydrogens (tertiary/aromatic N) is 1. The summed E-state index contributed by atoms with van der Waals surface area (Å²) in [6, 6.07) is 5.30. The molecule has 126 valence electrons. The molecular weight excluding hydrogens is 329 g/mol. The van der Waals surface area contributed by atoms with Crippen molar-refractivity contribution in [1.82, 2.24) is 4.98 Å². The smallest absolute Gasteiger partial charge is 0.438 e. The highest BCUT2D eigenvalue weighted by atomic mass is 31.2. The van der Waals surface area contributed by atoms with E-state index >= 15 is 0 Å². The maximum atomic E-state index is 11.1. The monoisotopic (exact) mass is 345 g/mol. The predicted octanol–water partition coefficient (Wildman–Crippen LogP) is 0.407. The minimum atomic E-state index is -4.88. The number of aromatic nitrogens is 1. The highest BCUT2D eigenvalue weighted by Gasteiger charge is 2.49. The molecule has 1 fully saturated rings. The van der Waals surface area contributed by atoms with Crippen molar-refractivity contribution in [2.75, 3.05) is 6.61 Å². The van der Waals surface area contributed by atoms with Gasteiger partial charge in [0.05, 0.1) is 6.61 Å². The van der Waals surface area contributed by atoms with Crippen LogP contribution in [0.2, 0.25) is 0 Å². The molecule has 4 atom stereocenters. The highest BCUT2D eigenvalue weighted by molar-refractivity contribution is 7.46. The number of aliphatic hydroxyl groups excluding tert-OH is 2. The molecule has 9 nitrogen and oxygen atoms in total. The molecule has 0 radical (unpaired) electrons. The summed E-state index contributed by atoms with van der Waals surface area (Å²) in [5.41, 5.74) is 1.97. The Bertz CT molecular complexity index is 756. The number of fused-ring (bicyclic) bond motifs is 1. The molecule has 2 heterocycles. The third-order valence-electron chi connectivity index (χ3n) is 3.58. The SMILES string of the molecule is Cc1ccc2oc([C@@H]3O[C@H](CO)[C@@H](O)[C@H]3OP(=O)(O)O)nc2c1. The van der Waals surface area contributed by atoms with Gasteiger partial charge in [-0.3, -0.25) is 4.52 Å². The van der Waals surface area contributed by atoms with Crippen molar-refractivity contribution >= 4 is 18.9 Å². The van der Waals surface area contributed by atoms with Crippen LogP contribution in [0.4, 0.5) is 0 Å².